The van der Waals surface area contributed by atoms with Gasteiger partial charge < -0.3 is 10.2 Å². The highest BCUT2D eigenvalue weighted by Crippen LogP contribution is 2.12. The molecule has 0 aliphatic carbocycles. The third-order valence-corrected chi connectivity index (χ3v) is 3.44. The van der Waals surface area contributed by atoms with Gasteiger partial charge in [0.15, 0.2) is 0 Å². The summed E-state index contributed by atoms with van der Waals surface area (Å²) < 4.78 is 4.14. The SMILES string of the molecule is Cc1nsc(NCCCN(C)c2ccccc2)n1. The minimum atomic E-state index is 0.837. The lowest BCUT2D eigenvalue weighted by atomic mass is 10.3. The number of aromatic nitrogens is 2. The molecule has 2 aromatic rings. The Labute approximate surface area is 112 Å². The van der Waals surface area contributed by atoms with Crippen molar-refractivity contribution in [3.05, 3.63) is 36.2 Å². The summed E-state index contributed by atoms with van der Waals surface area (Å²) in [5.41, 5.74) is 1.25. The van der Waals surface area contributed by atoms with E-state index < -0.39 is 0 Å². The maximum Gasteiger partial charge on any atom is 0.202 e. The van der Waals surface area contributed by atoms with Crippen LogP contribution in [0.3, 0.4) is 0 Å². The van der Waals surface area contributed by atoms with E-state index in [9.17, 15) is 0 Å². The van der Waals surface area contributed by atoms with Crippen LogP contribution in [-0.4, -0.2) is 29.5 Å². The summed E-state index contributed by atoms with van der Waals surface area (Å²) in [7, 11) is 2.12. The molecule has 4 nitrogen and oxygen atoms in total. The van der Waals surface area contributed by atoms with Crippen LogP contribution in [0.25, 0.3) is 0 Å². The molecule has 5 heteroatoms. The average Bonchev–Trinajstić information content (AvgIpc) is 2.81. The summed E-state index contributed by atoms with van der Waals surface area (Å²) in [6.07, 6.45) is 1.07. The molecular formula is C13H18N4S. The summed E-state index contributed by atoms with van der Waals surface area (Å²) in [6, 6.07) is 10.4. The second-order valence-corrected chi connectivity index (χ2v) is 4.94. The molecule has 1 aromatic carbocycles. The normalized spacial score (nSPS) is 10.3. The zero-order valence-corrected chi connectivity index (χ0v) is 11.6. The predicted octanol–water partition coefficient (Wildman–Crippen LogP) is 2.78. The van der Waals surface area contributed by atoms with Crippen LogP contribution < -0.4 is 10.2 Å². The molecule has 0 saturated heterocycles. The molecule has 0 saturated carbocycles. The van der Waals surface area contributed by atoms with E-state index in [1.807, 2.05) is 13.0 Å². The van der Waals surface area contributed by atoms with Crippen molar-refractivity contribution in [1.29, 1.82) is 0 Å². The Morgan fingerprint density at radius 1 is 1.28 bits per heavy atom. The maximum atomic E-state index is 4.27. The van der Waals surface area contributed by atoms with Crippen molar-refractivity contribution in [2.24, 2.45) is 0 Å². The Morgan fingerprint density at radius 2 is 2.06 bits per heavy atom. The van der Waals surface area contributed by atoms with Gasteiger partial charge in [0.1, 0.15) is 5.82 Å². The molecule has 96 valence electrons. The van der Waals surface area contributed by atoms with Gasteiger partial charge in [0.05, 0.1) is 0 Å². The summed E-state index contributed by atoms with van der Waals surface area (Å²) in [5.74, 6) is 0.837. The van der Waals surface area contributed by atoms with Gasteiger partial charge in [0.25, 0.3) is 0 Å². The number of hydrogen-bond donors (Lipinski definition) is 1. The second-order valence-electron chi connectivity index (χ2n) is 4.18. The van der Waals surface area contributed by atoms with Crippen LogP contribution in [0.5, 0.6) is 0 Å². The van der Waals surface area contributed by atoms with Gasteiger partial charge in [0.2, 0.25) is 5.13 Å². The van der Waals surface area contributed by atoms with Crippen LogP contribution in [-0.2, 0) is 0 Å². The molecule has 1 heterocycles. The molecule has 0 amide bonds. The standard InChI is InChI=1S/C13H18N4S/c1-11-15-13(18-16-11)14-9-6-10-17(2)12-7-4-3-5-8-12/h3-5,7-8H,6,9-10H2,1-2H3,(H,14,15,16). The van der Waals surface area contributed by atoms with Gasteiger partial charge in [-0.2, -0.15) is 4.37 Å². The highest BCUT2D eigenvalue weighted by atomic mass is 32.1. The van der Waals surface area contributed by atoms with Crippen LogP contribution >= 0.6 is 11.5 Å². The van der Waals surface area contributed by atoms with Crippen LogP contribution in [0, 0.1) is 6.92 Å². The Bertz CT molecular complexity index is 469. The number of anilines is 2. The molecule has 2 rings (SSSR count). The van der Waals surface area contributed by atoms with Crippen molar-refractivity contribution < 1.29 is 0 Å². The van der Waals surface area contributed by atoms with E-state index in [-0.39, 0.29) is 0 Å². The summed E-state index contributed by atoms with van der Waals surface area (Å²) in [5, 5.41) is 4.20. The first-order valence-corrected chi connectivity index (χ1v) is 6.83. The molecule has 0 atom stereocenters. The highest BCUT2D eigenvalue weighted by molar-refractivity contribution is 7.09. The van der Waals surface area contributed by atoms with Gasteiger partial charge in [-0.25, -0.2) is 4.98 Å². The first kappa shape index (κ1) is 12.8. The smallest absolute Gasteiger partial charge is 0.202 e. The Balaban J connectivity index is 1.69. The van der Waals surface area contributed by atoms with Crippen LogP contribution in [0.1, 0.15) is 12.2 Å². The lowest BCUT2D eigenvalue weighted by Gasteiger charge is -2.18. The summed E-state index contributed by atoms with van der Waals surface area (Å²) in [6.45, 7) is 3.85. The molecule has 1 aromatic heterocycles. The number of para-hydroxylation sites is 1. The molecule has 0 aliphatic heterocycles. The monoisotopic (exact) mass is 262 g/mol. The van der Waals surface area contributed by atoms with Crippen molar-refractivity contribution in [2.75, 3.05) is 30.4 Å². The van der Waals surface area contributed by atoms with Gasteiger partial charge in [-0.15, -0.1) is 0 Å². The van der Waals surface area contributed by atoms with Gasteiger partial charge in [-0.1, -0.05) is 18.2 Å². The Morgan fingerprint density at radius 3 is 2.72 bits per heavy atom. The van der Waals surface area contributed by atoms with E-state index >= 15 is 0 Å². The second kappa shape index (κ2) is 6.35. The van der Waals surface area contributed by atoms with E-state index in [0.717, 1.165) is 30.5 Å². The molecule has 0 radical (unpaired) electrons. The van der Waals surface area contributed by atoms with Crippen LogP contribution in [0.2, 0.25) is 0 Å². The molecule has 1 N–H and O–H groups in total. The van der Waals surface area contributed by atoms with Crippen molar-refractivity contribution in [1.82, 2.24) is 9.36 Å². The fraction of sp³-hybridized carbons (Fsp3) is 0.385. The third kappa shape index (κ3) is 3.70. The van der Waals surface area contributed by atoms with Crippen LogP contribution in [0.15, 0.2) is 30.3 Å². The number of nitrogens with one attached hydrogen (secondary N) is 1. The molecule has 18 heavy (non-hydrogen) atoms. The number of hydrogen-bond acceptors (Lipinski definition) is 5. The minimum absolute atomic E-state index is 0.837. The van der Waals surface area contributed by atoms with Gasteiger partial charge >= 0.3 is 0 Å². The van der Waals surface area contributed by atoms with E-state index in [1.54, 1.807) is 0 Å². The zero-order chi connectivity index (χ0) is 12.8. The lowest BCUT2D eigenvalue weighted by molar-refractivity contribution is 0.815. The number of aryl methyl sites for hydroxylation is 1. The van der Waals surface area contributed by atoms with Gasteiger partial charge in [-0.3, -0.25) is 0 Å². The van der Waals surface area contributed by atoms with Crippen molar-refractivity contribution in [2.45, 2.75) is 13.3 Å². The average molecular weight is 262 g/mol. The van der Waals surface area contributed by atoms with E-state index in [4.69, 9.17) is 0 Å². The molecule has 0 unspecified atom stereocenters. The van der Waals surface area contributed by atoms with E-state index in [0.29, 0.717) is 0 Å². The fourth-order valence-electron chi connectivity index (χ4n) is 1.69. The topological polar surface area (TPSA) is 41.1 Å². The molecular weight excluding hydrogens is 244 g/mol. The van der Waals surface area contributed by atoms with Crippen LogP contribution in [0.4, 0.5) is 10.8 Å². The highest BCUT2D eigenvalue weighted by Gasteiger charge is 2.01. The van der Waals surface area contributed by atoms with Crippen molar-refractivity contribution in [3.8, 4) is 0 Å². The Kier molecular flexibility index (Phi) is 4.52. The molecule has 0 aliphatic rings. The van der Waals surface area contributed by atoms with Gasteiger partial charge in [-0.05, 0) is 25.5 Å². The number of rotatable bonds is 6. The Hall–Kier alpha value is -1.62. The van der Waals surface area contributed by atoms with Gasteiger partial charge in [0, 0.05) is 37.4 Å². The first-order chi connectivity index (χ1) is 8.75. The summed E-state index contributed by atoms with van der Waals surface area (Å²) >= 11 is 1.42. The maximum absolute atomic E-state index is 4.27. The number of nitrogens with zero attached hydrogens (tertiary/aromatic N) is 3. The van der Waals surface area contributed by atoms with Crippen molar-refractivity contribution >= 4 is 22.4 Å². The minimum Gasteiger partial charge on any atom is -0.375 e. The third-order valence-electron chi connectivity index (χ3n) is 2.67. The summed E-state index contributed by atoms with van der Waals surface area (Å²) in [4.78, 5) is 6.53. The van der Waals surface area contributed by atoms with E-state index in [2.05, 4.69) is 50.9 Å². The largest absolute Gasteiger partial charge is 0.375 e. The quantitative estimate of drug-likeness (QED) is 0.813. The predicted molar refractivity (Wildman–Crippen MR) is 77.5 cm³/mol. The molecule has 0 bridgehead atoms. The first-order valence-electron chi connectivity index (χ1n) is 6.06. The molecule has 0 spiro atoms. The van der Waals surface area contributed by atoms with E-state index in [1.165, 1.54) is 17.2 Å². The fourth-order valence-corrected chi connectivity index (χ4v) is 2.29. The number of benzene rings is 1. The van der Waals surface area contributed by atoms with Crippen molar-refractivity contribution in [3.63, 3.8) is 0 Å². The molecule has 0 fully saturated rings. The zero-order valence-electron chi connectivity index (χ0n) is 10.8. The lowest BCUT2D eigenvalue weighted by Crippen LogP contribution is -2.20.